The summed E-state index contributed by atoms with van der Waals surface area (Å²) < 4.78 is 37.6. The number of alkyl halides is 3. The minimum Gasteiger partial charge on any atom is -0.348 e. The Morgan fingerprint density at radius 1 is 1.36 bits per heavy atom. The van der Waals surface area contributed by atoms with E-state index in [0.29, 0.717) is 0 Å². The average Bonchev–Trinajstić information content (AvgIpc) is 2.47. The molecule has 1 aromatic heterocycles. The summed E-state index contributed by atoms with van der Waals surface area (Å²) in [4.78, 5) is 11.0. The number of amides is 1. The van der Waals surface area contributed by atoms with E-state index in [1.807, 2.05) is 0 Å². The van der Waals surface area contributed by atoms with E-state index in [2.05, 4.69) is 15.5 Å². The van der Waals surface area contributed by atoms with Crippen molar-refractivity contribution in [3.63, 3.8) is 0 Å². The van der Waals surface area contributed by atoms with Crippen molar-refractivity contribution in [2.24, 2.45) is 0 Å². The first-order chi connectivity index (χ1) is 6.50. The summed E-state index contributed by atoms with van der Waals surface area (Å²) in [6, 6.07) is 0. The fourth-order valence-electron chi connectivity index (χ4n) is 1.25. The molecule has 2 rings (SSSR count). The summed E-state index contributed by atoms with van der Waals surface area (Å²) in [6.45, 7) is 0.204. The van der Waals surface area contributed by atoms with Crippen molar-refractivity contribution in [3.05, 3.63) is 11.6 Å². The lowest BCUT2D eigenvalue weighted by Crippen LogP contribution is -2.37. The summed E-state index contributed by atoms with van der Waals surface area (Å²) in [5.41, 5.74) is 0. The van der Waals surface area contributed by atoms with Gasteiger partial charge in [0.05, 0.1) is 0 Å². The molecule has 0 bridgehead atoms. The number of hydrogen-bond donors (Lipinski definition) is 1. The van der Waals surface area contributed by atoms with Crippen LogP contribution in [0, 0.1) is 0 Å². The van der Waals surface area contributed by atoms with Gasteiger partial charge in [0.1, 0.15) is 0 Å². The number of fused-ring (bicyclic) bond motifs is 1. The quantitative estimate of drug-likeness (QED) is 0.652. The molecule has 0 radical (unpaired) electrons. The van der Waals surface area contributed by atoms with E-state index < -0.39 is 17.9 Å². The first-order valence-electron chi connectivity index (χ1n) is 3.79. The van der Waals surface area contributed by atoms with Gasteiger partial charge in [0, 0.05) is 13.1 Å². The molecule has 0 saturated heterocycles. The average molecular weight is 206 g/mol. The van der Waals surface area contributed by atoms with E-state index in [-0.39, 0.29) is 18.9 Å². The Morgan fingerprint density at radius 2 is 2.07 bits per heavy atom. The highest BCUT2D eigenvalue weighted by Crippen LogP contribution is 2.28. The first kappa shape index (κ1) is 8.97. The van der Waals surface area contributed by atoms with Crippen LogP contribution in [0.15, 0.2) is 0 Å². The molecule has 0 fully saturated rings. The third-order valence-corrected chi connectivity index (χ3v) is 1.83. The van der Waals surface area contributed by atoms with Crippen LogP contribution in [0.3, 0.4) is 0 Å². The van der Waals surface area contributed by atoms with Crippen LogP contribution < -0.4 is 5.32 Å². The largest absolute Gasteiger partial charge is 0.451 e. The predicted molar refractivity (Wildman–Crippen MR) is 37.4 cm³/mol. The molecule has 0 aromatic carbocycles. The Morgan fingerprint density at radius 3 is 2.71 bits per heavy atom. The Hall–Kier alpha value is -1.60. The van der Waals surface area contributed by atoms with E-state index in [0.717, 1.165) is 4.57 Å². The van der Waals surface area contributed by atoms with E-state index in [9.17, 15) is 18.0 Å². The van der Waals surface area contributed by atoms with Gasteiger partial charge in [0.2, 0.25) is 11.6 Å². The lowest BCUT2D eigenvalue weighted by molar-refractivity contribution is -0.147. The second-order valence-electron chi connectivity index (χ2n) is 2.75. The number of carbonyl (C=O) groups is 1. The maximum Gasteiger partial charge on any atom is 0.451 e. The lowest BCUT2D eigenvalue weighted by atomic mass is 10.4. The van der Waals surface area contributed by atoms with Crippen molar-refractivity contribution in [1.82, 2.24) is 20.1 Å². The number of nitrogens with zero attached hydrogens (tertiary/aromatic N) is 3. The zero-order chi connectivity index (χ0) is 10.3. The maximum atomic E-state index is 12.3. The molecule has 14 heavy (non-hydrogen) atoms. The second-order valence-corrected chi connectivity index (χ2v) is 2.75. The third kappa shape index (κ3) is 1.22. The second kappa shape index (κ2) is 2.69. The van der Waals surface area contributed by atoms with Gasteiger partial charge in [0.25, 0.3) is 5.91 Å². The minimum absolute atomic E-state index is 0.0446. The van der Waals surface area contributed by atoms with Crippen LogP contribution in [-0.4, -0.2) is 27.2 Å². The van der Waals surface area contributed by atoms with Crippen molar-refractivity contribution in [1.29, 1.82) is 0 Å². The van der Waals surface area contributed by atoms with Crippen LogP contribution in [0.5, 0.6) is 0 Å². The molecule has 0 saturated carbocycles. The van der Waals surface area contributed by atoms with Crippen molar-refractivity contribution >= 4 is 5.91 Å². The van der Waals surface area contributed by atoms with Crippen LogP contribution in [0.25, 0.3) is 0 Å². The highest BCUT2D eigenvalue weighted by Gasteiger charge is 2.40. The molecule has 1 aliphatic rings. The van der Waals surface area contributed by atoms with Crippen molar-refractivity contribution < 1.29 is 18.0 Å². The molecule has 5 nitrogen and oxygen atoms in total. The van der Waals surface area contributed by atoms with Crippen molar-refractivity contribution in [3.8, 4) is 0 Å². The van der Waals surface area contributed by atoms with E-state index in [4.69, 9.17) is 0 Å². The fraction of sp³-hybridized carbons (Fsp3) is 0.500. The summed E-state index contributed by atoms with van der Waals surface area (Å²) in [5.74, 6) is -2.04. The van der Waals surface area contributed by atoms with E-state index in [1.54, 1.807) is 0 Å². The van der Waals surface area contributed by atoms with Gasteiger partial charge in [-0.3, -0.25) is 9.36 Å². The molecule has 0 spiro atoms. The number of carbonyl (C=O) groups excluding carboxylic acids is 1. The summed E-state index contributed by atoms with van der Waals surface area (Å²) in [5, 5.41) is 8.51. The smallest absolute Gasteiger partial charge is 0.348 e. The molecule has 76 valence electrons. The van der Waals surface area contributed by atoms with E-state index >= 15 is 0 Å². The number of hydrogen-bond acceptors (Lipinski definition) is 3. The Balaban J connectivity index is 2.51. The molecule has 1 amide bonds. The molecule has 0 atom stereocenters. The van der Waals surface area contributed by atoms with Gasteiger partial charge in [-0.1, -0.05) is 0 Å². The number of halogens is 3. The van der Waals surface area contributed by atoms with Crippen molar-refractivity contribution in [2.45, 2.75) is 12.7 Å². The third-order valence-electron chi connectivity index (χ3n) is 1.83. The molecular formula is C6H5F3N4O. The Bertz CT molecular complexity index is 383. The zero-order valence-electron chi connectivity index (χ0n) is 6.80. The highest BCUT2D eigenvalue weighted by atomic mass is 19.4. The predicted octanol–water partition coefficient (Wildman–Crippen LogP) is 0.0403. The maximum absolute atomic E-state index is 12.3. The summed E-state index contributed by atoms with van der Waals surface area (Å²) >= 11 is 0. The lowest BCUT2D eigenvalue weighted by Gasteiger charge is -2.16. The van der Waals surface area contributed by atoms with Gasteiger partial charge in [-0.15, -0.1) is 10.2 Å². The van der Waals surface area contributed by atoms with Crippen LogP contribution in [0.1, 0.15) is 16.4 Å². The first-order valence-corrected chi connectivity index (χ1v) is 3.79. The minimum atomic E-state index is -4.57. The zero-order valence-corrected chi connectivity index (χ0v) is 6.80. The standard InChI is InChI=1S/C6H5F3N4O/c7-6(8,9)5-12-11-3-4(14)10-1-2-13(3)5/h1-2H2,(H,10,14). The molecular weight excluding hydrogens is 201 g/mol. The highest BCUT2D eigenvalue weighted by molar-refractivity contribution is 5.91. The Labute approximate surface area is 75.9 Å². The SMILES string of the molecule is O=C1NCCn2c1nnc2C(F)(F)F. The van der Waals surface area contributed by atoms with Gasteiger partial charge in [-0.05, 0) is 0 Å². The van der Waals surface area contributed by atoms with Crippen LogP contribution >= 0.6 is 0 Å². The van der Waals surface area contributed by atoms with Gasteiger partial charge in [0.15, 0.2) is 0 Å². The monoisotopic (exact) mass is 206 g/mol. The topological polar surface area (TPSA) is 59.8 Å². The van der Waals surface area contributed by atoms with Crippen molar-refractivity contribution in [2.75, 3.05) is 6.54 Å². The van der Waals surface area contributed by atoms with Crippen LogP contribution in [0.2, 0.25) is 0 Å². The number of rotatable bonds is 0. The molecule has 0 unspecified atom stereocenters. The molecule has 1 N–H and O–H groups in total. The number of nitrogens with one attached hydrogen (secondary N) is 1. The molecule has 1 aliphatic heterocycles. The molecule has 2 heterocycles. The van der Waals surface area contributed by atoms with Gasteiger partial charge in [-0.25, -0.2) is 0 Å². The Kier molecular flexibility index (Phi) is 1.73. The molecule has 0 aliphatic carbocycles. The normalized spacial score (nSPS) is 16.4. The fourth-order valence-corrected chi connectivity index (χ4v) is 1.25. The van der Waals surface area contributed by atoms with E-state index in [1.165, 1.54) is 0 Å². The number of aromatic nitrogens is 3. The van der Waals surface area contributed by atoms with Gasteiger partial charge >= 0.3 is 6.18 Å². The summed E-state index contributed by atoms with van der Waals surface area (Å²) in [6.07, 6.45) is -4.57. The van der Waals surface area contributed by atoms with Gasteiger partial charge < -0.3 is 5.32 Å². The molecule has 8 heteroatoms. The van der Waals surface area contributed by atoms with Crippen LogP contribution in [-0.2, 0) is 12.7 Å². The van der Waals surface area contributed by atoms with Crippen LogP contribution in [0.4, 0.5) is 13.2 Å². The summed E-state index contributed by atoms with van der Waals surface area (Å²) in [7, 11) is 0. The molecule has 1 aromatic rings. The van der Waals surface area contributed by atoms with Gasteiger partial charge in [-0.2, -0.15) is 13.2 Å².